The summed E-state index contributed by atoms with van der Waals surface area (Å²) in [6, 6.07) is 11.7. The topological polar surface area (TPSA) is 80.8 Å². The number of carbonyl (C=O) groups is 2. The van der Waals surface area contributed by atoms with Crippen LogP contribution in [0.1, 0.15) is 21.5 Å². The van der Waals surface area contributed by atoms with Crippen molar-refractivity contribution in [3.8, 4) is 0 Å². The third-order valence-corrected chi connectivity index (χ3v) is 5.86. The molecule has 1 amide bonds. The molecule has 9 heteroatoms. The normalized spacial score (nSPS) is 13.9. The predicted octanol–water partition coefficient (Wildman–Crippen LogP) is 2.42. The molecule has 0 N–H and O–H groups in total. The minimum absolute atomic E-state index is 0.0370. The molecule has 0 atom stereocenters. The third kappa shape index (κ3) is 4.19. The standard InChI is InChI=1S/C19H17F2NO5S/c20-19(21)28(25,26)16-7-5-14(6-8-16)18(24)27-12-17(23)22-10-9-13-3-1-2-4-15(13)11-22/h1-8,19H,9-12H2. The molecule has 28 heavy (non-hydrogen) atoms. The van der Waals surface area contributed by atoms with Gasteiger partial charge in [0, 0.05) is 13.1 Å². The molecule has 0 spiro atoms. The Hall–Kier alpha value is -2.81. The predicted molar refractivity (Wildman–Crippen MR) is 95.5 cm³/mol. The van der Waals surface area contributed by atoms with E-state index in [1.165, 1.54) is 5.56 Å². The van der Waals surface area contributed by atoms with E-state index in [1.807, 2.05) is 24.3 Å². The molecule has 6 nitrogen and oxygen atoms in total. The average Bonchev–Trinajstić information content (AvgIpc) is 2.71. The van der Waals surface area contributed by atoms with Gasteiger partial charge in [0.15, 0.2) is 6.61 Å². The monoisotopic (exact) mass is 409 g/mol. The van der Waals surface area contributed by atoms with Crippen molar-refractivity contribution in [1.29, 1.82) is 0 Å². The molecule has 2 aromatic carbocycles. The maximum atomic E-state index is 12.5. The van der Waals surface area contributed by atoms with Crippen LogP contribution < -0.4 is 0 Å². The van der Waals surface area contributed by atoms with Crippen LogP contribution in [0.4, 0.5) is 8.78 Å². The van der Waals surface area contributed by atoms with Crippen molar-refractivity contribution in [3.63, 3.8) is 0 Å². The first-order chi connectivity index (χ1) is 13.3. The Labute approximate surface area is 160 Å². The Balaban J connectivity index is 1.58. The van der Waals surface area contributed by atoms with E-state index >= 15 is 0 Å². The summed E-state index contributed by atoms with van der Waals surface area (Å²) in [6.45, 7) is 0.498. The maximum Gasteiger partial charge on any atom is 0.341 e. The Morgan fingerprint density at radius 2 is 1.68 bits per heavy atom. The van der Waals surface area contributed by atoms with Gasteiger partial charge in [-0.1, -0.05) is 24.3 Å². The highest BCUT2D eigenvalue weighted by atomic mass is 32.2. The van der Waals surface area contributed by atoms with Crippen molar-refractivity contribution in [2.75, 3.05) is 13.2 Å². The first kappa shape index (κ1) is 19.9. The smallest absolute Gasteiger partial charge is 0.341 e. The van der Waals surface area contributed by atoms with Crippen molar-refractivity contribution >= 4 is 21.7 Å². The number of ether oxygens (including phenoxy) is 1. The number of hydrogen-bond donors (Lipinski definition) is 0. The first-order valence-electron chi connectivity index (χ1n) is 8.43. The van der Waals surface area contributed by atoms with Crippen LogP contribution in [0.2, 0.25) is 0 Å². The summed E-state index contributed by atoms with van der Waals surface area (Å²) in [5, 5.41) is 0. The fourth-order valence-electron chi connectivity index (χ4n) is 2.89. The number of hydrogen-bond acceptors (Lipinski definition) is 5. The van der Waals surface area contributed by atoms with Gasteiger partial charge in [-0.25, -0.2) is 13.2 Å². The van der Waals surface area contributed by atoms with E-state index in [0.717, 1.165) is 36.2 Å². The SMILES string of the molecule is O=C(OCC(=O)N1CCc2ccccc2C1)c1ccc(S(=O)(=O)C(F)F)cc1. The quantitative estimate of drug-likeness (QED) is 0.709. The van der Waals surface area contributed by atoms with Crippen LogP contribution in [-0.2, 0) is 32.3 Å². The van der Waals surface area contributed by atoms with E-state index in [1.54, 1.807) is 4.90 Å². The Morgan fingerprint density at radius 1 is 1.04 bits per heavy atom. The van der Waals surface area contributed by atoms with Gasteiger partial charge < -0.3 is 9.64 Å². The average molecular weight is 409 g/mol. The number of carbonyl (C=O) groups excluding carboxylic acids is 2. The van der Waals surface area contributed by atoms with E-state index in [9.17, 15) is 26.8 Å². The number of esters is 1. The van der Waals surface area contributed by atoms with E-state index < -0.39 is 33.1 Å². The Morgan fingerprint density at radius 3 is 2.32 bits per heavy atom. The van der Waals surface area contributed by atoms with Crippen molar-refractivity contribution < 1.29 is 31.5 Å². The zero-order valence-corrected chi connectivity index (χ0v) is 15.5. The van der Waals surface area contributed by atoms with Crippen molar-refractivity contribution in [2.24, 2.45) is 0 Å². The van der Waals surface area contributed by atoms with Gasteiger partial charge in [-0.2, -0.15) is 8.78 Å². The van der Waals surface area contributed by atoms with Crippen molar-refractivity contribution in [3.05, 3.63) is 65.2 Å². The van der Waals surface area contributed by atoms with Crippen LogP contribution in [-0.4, -0.2) is 44.1 Å². The summed E-state index contributed by atoms with van der Waals surface area (Å²) in [5.41, 5.74) is 2.19. The molecule has 0 radical (unpaired) electrons. The number of sulfone groups is 1. The molecule has 1 heterocycles. The van der Waals surface area contributed by atoms with E-state index in [4.69, 9.17) is 4.74 Å². The van der Waals surface area contributed by atoms with Gasteiger partial charge in [-0.3, -0.25) is 4.79 Å². The number of amides is 1. The fraction of sp³-hybridized carbons (Fsp3) is 0.263. The molecule has 0 aromatic heterocycles. The number of fused-ring (bicyclic) bond motifs is 1. The third-order valence-electron chi connectivity index (χ3n) is 4.46. The van der Waals surface area contributed by atoms with Crippen LogP contribution in [0, 0.1) is 0 Å². The molecule has 0 aliphatic carbocycles. The number of alkyl halides is 2. The number of nitrogens with zero attached hydrogens (tertiary/aromatic N) is 1. The van der Waals surface area contributed by atoms with Gasteiger partial charge in [0.1, 0.15) is 0 Å². The number of rotatable bonds is 5. The van der Waals surface area contributed by atoms with Crippen molar-refractivity contribution in [1.82, 2.24) is 4.90 Å². The lowest BCUT2D eigenvalue weighted by molar-refractivity contribution is -0.135. The molecule has 1 aliphatic rings. The fourth-order valence-corrected chi connectivity index (χ4v) is 3.62. The number of halogens is 2. The molecular formula is C19H17F2NO5S. The molecule has 0 fully saturated rings. The summed E-state index contributed by atoms with van der Waals surface area (Å²) >= 11 is 0. The summed E-state index contributed by atoms with van der Waals surface area (Å²) in [4.78, 5) is 25.3. The van der Waals surface area contributed by atoms with Gasteiger partial charge >= 0.3 is 11.7 Å². The van der Waals surface area contributed by atoms with Crippen LogP contribution in [0.25, 0.3) is 0 Å². The Bertz CT molecular complexity index is 990. The highest BCUT2D eigenvalue weighted by Gasteiger charge is 2.27. The second-order valence-electron chi connectivity index (χ2n) is 6.24. The molecule has 1 aliphatic heterocycles. The minimum atomic E-state index is -4.73. The van der Waals surface area contributed by atoms with Gasteiger partial charge in [0.2, 0.25) is 9.84 Å². The molecular weight excluding hydrogens is 392 g/mol. The molecule has 0 bridgehead atoms. The maximum absolute atomic E-state index is 12.5. The van der Waals surface area contributed by atoms with Gasteiger partial charge in [-0.05, 0) is 41.8 Å². The highest BCUT2D eigenvalue weighted by molar-refractivity contribution is 7.91. The molecule has 148 valence electrons. The van der Waals surface area contributed by atoms with E-state index in [-0.39, 0.29) is 11.5 Å². The largest absolute Gasteiger partial charge is 0.452 e. The van der Waals surface area contributed by atoms with Gasteiger partial charge in [0.05, 0.1) is 10.5 Å². The lowest BCUT2D eigenvalue weighted by atomic mass is 10.00. The van der Waals surface area contributed by atoms with Gasteiger partial charge in [-0.15, -0.1) is 0 Å². The first-order valence-corrected chi connectivity index (χ1v) is 9.97. The summed E-state index contributed by atoms with van der Waals surface area (Å²) in [5.74, 6) is -4.73. The van der Waals surface area contributed by atoms with Crippen molar-refractivity contribution in [2.45, 2.75) is 23.6 Å². The molecule has 2 aromatic rings. The Kier molecular flexibility index (Phi) is 5.73. The van der Waals surface area contributed by atoms with E-state index in [0.29, 0.717) is 13.1 Å². The summed E-state index contributed by atoms with van der Waals surface area (Å²) in [6.07, 6.45) is 0.718. The lowest BCUT2D eigenvalue weighted by Crippen LogP contribution is -2.38. The zero-order valence-electron chi connectivity index (χ0n) is 14.7. The second kappa shape index (κ2) is 8.05. The minimum Gasteiger partial charge on any atom is -0.452 e. The summed E-state index contributed by atoms with van der Waals surface area (Å²) < 4.78 is 52.8. The molecule has 0 saturated carbocycles. The van der Waals surface area contributed by atoms with E-state index in [2.05, 4.69) is 0 Å². The second-order valence-corrected chi connectivity index (χ2v) is 8.16. The van der Waals surface area contributed by atoms with Crippen LogP contribution in [0.3, 0.4) is 0 Å². The lowest BCUT2D eigenvalue weighted by Gasteiger charge is -2.28. The van der Waals surface area contributed by atoms with Crippen LogP contribution in [0.5, 0.6) is 0 Å². The van der Waals surface area contributed by atoms with Crippen LogP contribution in [0.15, 0.2) is 53.4 Å². The molecule has 0 unspecified atom stereocenters. The molecule has 3 rings (SSSR count). The zero-order chi connectivity index (χ0) is 20.3. The van der Waals surface area contributed by atoms with Gasteiger partial charge in [0.25, 0.3) is 5.91 Å². The van der Waals surface area contributed by atoms with Crippen LogP contribution >= 0.6 is 0 Å². The number of benzene rings is 2. The summed E-state index contributed by atoms with van der Waals surface area (Å²) in [7, 11) is -4.73. The molecule has 0 saturated heterocycles. The highest BCUT2D eigenvalue weighted by Crippen LogP contribution is 2.20.